The Morgan fingerprint density at radius 3 is 3.18 bits per heavy atom. The second kappa shape index (κ2) is 3.19. The van der Waals surface area contributed by atoms with Crippen molar-refractivity contribution in [3.8, 4) is 5.75 Å². The molecular formula is C7H10N2OS. The molecule has 1 fully saturated rings. The molecule has 1 aliphatic heterocycles. The first-order valence-corrected chi connectivity index (χ1v) is 4.52. The van der Waals surface area contributed by atoms with Gasteiger partial charge in [0.2, 0.25) is 0 Å². The summed E-state index contributed by atoms with van der Waals surface area (Å²) in [6.07, 6.45) is 1.76. The number of hydrogen-bond donors (Lipinski definition) is 1. The average molecular weight is 170 g/mol. The van der Waals surface area contributed by atoms with Crippen molar-refractivity contribution in [1.82, 2.24) is 9.69 Å². The minimum atomic E-state index is 0.704. The van der Waals surface area contributed by atoms with Crippen molar-refractivity contribution >= 4 is 11.5 Å². The summed E-state index contributed by atoms with van der Waals surface area (Å²) in [6.45, 7) is 3.01. The molecule has 0 atom stereocenters. The smallest absolute Gasteiger partial charge is 0.150 e. The molecule has 2 heterocycles. The van der Waals surface area contributed by atoms with Crippen LogP contribution in [0.25, 0.3) is 0 Å². The maximum Gasteiger partial charge on any atom is 0.150 e. The van der Waals surface area contributed by atoms with Gasteiger partial charge >= 0.3 is 0 Å². The average Bonchev–Trinajstić information content (AvgIpc) is 2.36. The summed E-state index contributed by atoms with van der Waals surface area (Å²) in [6, 6.07) is 0. The maximum absolute atomic E-state index is 5.46. The van der Waals surface area contributed by atoms with E-state index in [2.05, 4.69) is 9.69 Å². The van der Waals surface area contributed by atoms with E-state index in [-0.39, 0.29) is 0 Å². The van der Waals surface area contributed by atoms with Crippen molar-refractivity contribution in [2.75, 3.05) is 19.7 Å². The fraction of sp³-hybridized carbons (Fsp3) is 0.571. The van der Waals surface area contributed by atoms with Gasteiger partial charge in [0.15, 0.2) is 0 Å². The third-order valence-corrected chi connectivity index (χ3v) is 2.33. The molecule has 0 bridgehead atoms. The molecule has 0 amide bonds. The van der Waals surface area contributed by atoms with E-state index in [0.717, 1.165) is 25.4 Å². The van der Waals surface area contributed by atoms with Crippen molar-refractivity contribution < 1.29 is 4.74 Å². The molecule has 0 spiro atoms. The molecule has 0 aromatic carbocycles. The van der Waals surface area contributed by atoms with Gasteiger partial charge in [-0.2, -0.15) is 4.37 Å². The zero-order valence-corrected chi connectivity index (χ0v) is 6.93. The summed E-state index contributed by atoms with van der Waals surface area (Å²) in [5.74, 6) is 1.61. The van der Waals surface area contributed by atoms with E-state index in [1.54, 1.807) is 6.20 Å². The highest BCUT2D eigenvalue weighted by molar-refractivity contribution is 7.03. The SMILES string of the molecule is c1nscc1OCC1CNC1. The quantitative estimate of drug-likeness (QED) is 0.726. The summed E-state index contributed by atoms with van der Waals surface area (Å²) < 4.78 is 9.40. The van der Waals surface area contributed by atoms with Crippen LogP contribution in [-0.4, -0.2) is 24.1 Å². The minimum absolute atomic E-state index is 0.704. The van der Waals surface area contributed by atoms with Crippen LogP contribution in [-0.2, 0) is 0 Å². The van der Waals surface area contributed by atoms with Crippen LogP contribution in [0.3, 0.4) is 0 Å². The first kappa shape index (κ1) is 7.06. The Bertz CT molecular complexity index is 208. The fourth-order valence-electron chi connectivity index (χ4n) is 0.947. The van der Waals surface area contributed by atoms with Crippen LogP contribution >= 0.6 is 11.5 Å². The molecule has 0 radical (unpaired) electrons. The zero-order valence-electron chi connectivity index (χ0n) is 6.12. The normalized spacial score (nSPS) is 17.8. The molecule has 1 aromatic rings. The van der Waals surface area contributed by atoms with Gasteiger partial charge in [-0.15, -0.1) is 0 Å². The van der Waals surface area contributed by atoms with E-state index in [1.165, 1.54) is 11.5 Å². The summed E-state index contributed by atoms with van der Waals surface area (Å²) >= 11 is 1.43. The number of ether oxygens (including phenoxy) is 1. The summed E-state index contributed by atoms with van der Waals surface area (Å²) in [4.78, 5) is 0. The second-order valence-corrected chi connectivity index (χ2v) is 3.35. The van der Waals surface area contributed by atoms with Crippen molar-refractivity contribution in [3.63, 3.8) is 0 Å². The van der Waals surface area contributed by atoms with Crippen LogP contribution in [0.4, 0.5) is 0 Å². The van der Waals surface area contributed by atoms with Crippen molar-refractivity contribution in [3.05, 3.63) is 11.6 Å². The van der Waals surface area contributed by atoms with Crippen LogP contribution in [0.2, 0.25) is 0 Å². The Hall–Kier alpha value is -0.610. The Morgan fingerprint density at radius 2 is 2.64 bits per heavy atom. The molecule has 0 saturated carbocycles. The molecule has 1 aromatic heterocycles. The third kappa shape index (κ3) is 1.70. The lowest BCUT2D eigenvalue weighted by molar-refractivity contribution is 0.199. The van der Waals surface area contributed by atoms with Gasteiger partial charge in [0, 0.05) is 19.0 Å². The number of rotatable bonds is 3. The first-order valence-electron chi connectivity index (χ1n) is 3.68. The Kier molecular flexibility index (Phi) is 2.05. The van der Waals surface area contributed by atoms with Crippen LogP contribution in [0.1, 0.15) is 0 Å². The number of aromatic nitrogens is 1. The predicted octanol–water partition coefficient (Wildman–Crippen LogP) is 0.741. The molecule has 1 N–H and O–H groups in total. The van der Waals surface area contributed by atoms with Gasteiger partial charge in [0.1, 0.15) is 5.75 Å². The van der Waals surface area contributed by atoms with Gasteiger partial charge in [-0.25, -0.2) is 0 Å². The summed E-state index contributed by atoms with van der Waals surface area (Å²) in [7, 11) is 0. The van der Waals surface area contributed by atoms with E-state index in [0.29, 0.717) is 5.92 Å². The van der Waals surface area contributed by atoms with Crippen LogP contribution in [0, 0.1) is 5.92 Å². The Morgan fingerprint density at radius 1 is 1.73 bits per heavy atom. The topological polar surface area (TPSA) is 34.1 Å². The molecule has 2 rings (SSSR count). The van der Waals surface area contributed by atoms with Crippen LogP contribution < -0.4 is 10.1 Å². The van der Waals surface area contributed by atoms with Crippen LogP contribution in [0.15, 0.2) is 11.6 Å². The number of hydrogen-bond acceptors (Lipinski definition) is 4. The minimum Gasteiger partial charge on any atom is -0.491 e. The summed E-state index contributed by atoms with van der Waals surface area (Å²) in [5.41, 5.74) is 0. The summed E-state index contributed by atoms with van der Waals surface area (Å²) in [5, 5.41) is 5.12. The van der Waals surface area contributed by atoms with E-state index in [4.69, 9.17) is 4.74 Å². The third-order valence-electron chi connectivity index (χ3n) is 1.76. The lowest BCUT2D eigenvalue weighted by Gasteiger charge is -2.26. The Balaban J connectivity index is 1.74. The molecule has 0 aliphatic carbocycles. The van der Waals surface area contributed by atoms with E-state index in [9.17, 15) is 0 Å². The predicted molar refractivity (Wildman–Crippen MR) is 44.0 cm³/mol. The molecule has 11 heavy (non-hydrogen) atoms. The molecule has 1 aliphatic rings. The van der Waals surface area contributed by atoms with E-state index in [1.807, 2.05) is 5.38 Å². The molecule has 0 unspecified atom stereocenters. The van der Waals surface area contributed by atoms with Gasteiger partial charge in [-0.05, 0) is 11.5 Å². The lowest BCUT2D eigenvalue weighted by atomic mass is 10.1. The van der Waals surface area contributed by atoms with Gasteiger partial charge in [-0.1, -0.05) is 0 Å². The zero-order chi connectivity index (χ0) is 7.52. The maximum atomic E-state index is 5.46. The molecule has 4 heteroatoms. The highest BCUT2D eigenvalue weighted by Crippen LogP contribution is 2.13. The standard InChI is InChI=1S/C7H10N2OS/c1-6(2-8-1)4-10-7-3-9-11-5-7/h3,5-6,8H,1-2,4H2. The molecule has 60 valence electrons. The van der Waals surface area contributed by atoms with Gasteiger partial charge in [-0.3, -0.25) is 0 Å². The highest BCUT2D eigenvalue weighted by Gasteiger charge is 2.16. The van der Waals surface area contributed by atoms with Gasteiger partial charge < -0.3 is 10.1 Å². The van der Waals surface area contributed by atoms with Gasteiger partial charge in [0.05, 0.1) is 18.2 Å². The van der Waals surface area contributed by atoms with Crippen LogP contribution in [0.5, 0.6) is 5.75 Å². The van der Waals surface area contributed by atoms with Crippen molar-refractivity contribution in [1.29, 1.82) is 0 Å². The number of nitrogens with zero attached hydrogens (tertiary/aromatic N) is 1. The van der Waals surface area contributed by atoms with Crippen molar-refractivity contribution in [2.24, 2.45) is 5.92 Å². The molecule has 1 saturated heterocycles. The monoisotopic (exact) mass is 170 g/mol. The van der Waals surface area contributed by atoms with E-state index < -0.39 is 0 Å². The largest absolute Gasteiger partial charge is 0.491 e. The Labute approximate surface area is 69.5 Å². The van der Waals surface area contributed by atoms with Crippen molar-refractivity contribution in [2.45, 2.75) is 0 Å². The number of nitrogens with one attached hydrogen (secondary N) is 1. The molecule has 3 nitrogen and oxygen atoms in total. The van der Waals surface area contributed by atoms with Gasteiger partial charge in [0.25, 0.3) is 0 Å². The first-order chi connectivity index (χ1) is 5.45. The lowest BCUT2D eigenvalue weighted by Crippen LogP contribution is -2.45. The fourth-order valence-corrected chi connectivity index (χ4v) is 1.41. The second-order valence-electron chi connectivity index (χ2n) is 2.70. The highest BCUT2D eigenvalue weighted by atomic mass is 32.1. The van der Waals surface area contributed by atoms with E-state index >= 15 is 0 Å². The molecular weight excluding hydrogens is 160 g/mol.